The maximum Gasteiger partial charge on any atom is 0.0991 e. The second-order valence-corrected chi connectivity index (χ2v) is 4.67. The summed E-state index contributed by atoms with van der Waals surface area (Å²) in [6, 6.07) is 9.14. The fraction of sp³-hybridized carbons (Fsp3) is 0.286. The molecule has 1 heterocycles. The van der Waals surface area contributed by atoms with Crippen LogP contribution in [0.15, 0.2) is 36.7 Å². The van der Waals surface area contributed by atoms with Crippen LogP contribution in [0.5, 0.6) is 0 Å². The first kappa shape index (κ1) is 12.3. The highest BCUT2D eigenvalue weighted by Crippen LogP contribution is 2.25. The predicted molar refractivity (Wildman–Crippen MR) is 67.6 cm³/mol. The molecule has 0 fully saturated rings. The largest absolute Gasteiger partial charge is 0.385 e. The van der Waals surface area contributed by atoms with Gasteiger partial charge >= 0.3 is 0 Å². The van der Waals surface area contributed by atoms with Crippen molar-refractivity contribution in [3.63, 3.8) is 0 Å². The molecule has 0 aliphatic heterocycles. The molecule has 1 aromatic heterocycles. The molecule has 0 radical (unpaired) electrons. The van der Waals surface area contributed by atoms with Crippen molar-refractivity contribution in [1.29, 1.82) is 5.26 Å². The Labute approximate surface area is 106 Å². The molecule has 4 nitrogen and oxygen atoms in total. The molecule has 18 heavy (non-hydrogen) atoms. The second-order valence-electron chi connectivity index (χ2n) is 4.67. The highest BCUT2D eigenvalue weighted by atomic mass is 16.3. The van der Waals surface area contributed by atoms with Crippen LogP contribution >= 0.6 is 0 Å². The third-order valence-electron chi connectivity index (χ3n) is 2.92. The number of nitriles is 1. The van der Waals surface area contributed by atoms with Crippen molar-refractivity contribution in [2.24, 2.45) is 7.05 Å². The van der Waals surface area contributed by atoms with Gasteiger partial charge in [-0.15, -0.1) is 0 Å². The molecule has 0 spiro atoms. The number of benzene rings is 1. The summed E-state index contributed by atoms with van der Waals surface area (Å²) in [5, 5.41) is 23.5. The number of hydrogen-bond donors (Lipinski definition) is 1. The van der Waals surface area contributed by atoms with Crippen LogP contribution in [-0.2, 0) is 19.1 Å². The van der Waals surface area contributed by atoms with Gasteiger partial charge in [0.05, 0.1) is 23.4 Å². The molecule has 1 unspecified atom stereocenters. The normalized spacial score (nSPS) is 13.9. The summed E-state index contributed by atoms with van der Waals surface area (Å²) in [5.74, 6) is 0. The monoisotopic (exact) mass is 241 g/mol. The maximum absolute atomic E-state index is 10.5. The average molecular weight is 241 g/mol. The minimum atomic E-state index is -1.00. The summed E-state index contributed by atoms with van der Waals surface area (Å²) in [5.41, 5.74) is 1.25. The summed E-state index contributed by atoms with van der Waals surface area (Å²) in [4.78, 5) is 0. The van der Waals surface area contributed by atoms with Gasteiger partial charge in [-0.1, -0.05) is 12.1 Å². The summed E-state index contributed by atoms with van der Waals surface area (Å²) in [7, 11) is 1.84. The van der Waals surface area contributed by atoms with E-state index >= 15 is 0 Å². The fourth-order valence-corrected chi connectivity index (χ4v) is 1.99. The molecule has 1 N–H and O–H groups in total. The van der Waals surface area contributed by atoms with E-state index in [4.69, 9.17) is 5.26 Å². The minimum Gasteiger partial charge on any atom is -0.385 e. The molecule has 0 aliphatic carbocycles. The van der Waals surface area contributed by atoms with Gasteiger partial charge in [0.15, 0.2) is 0 Å². The van der Waals surface area contributed by atoms with Gasteiger partial charge in [-0.2, -0.15) is 10.4 Å². The van der Waals surface area contributed by atoms with Crippen molar-refractivity contribution in [3.05, 3.63) is 53.3 Å². The molecule has 0 amide bonds. The van der Waals surface area contributed by atoms with E-state index in [9.17, 15) is 5.11 Å². The Morgan fingerprint density at radius 1 is 1.50 bits per heavy atom. The molecular weight excluding hydrogens is 226 g/mol. The van der Waals surface area contributed by atoms with E-state index in [1.54, 1.807) is 36.0 Å². The van der Waals surface area contributed by atoms with Crippen LogP contribution in [0.25, 0.3) is 0 Å². The number of nitrogens with zero attached hydrogens (tertiary/aromatic N) is 3. The molecule has 92 valence electrons. The highest BCUT2D eigenvalue weighted by Gasteiger charge is 2.24. The van der Waals surface area contributed by atoms with Gasteiger partial charge < -0.3 is 5.11 Å². The van der Waals surface area contributed by atoms with Gasteiger partial charge in [-0.05, 0) is 30.2 Å². The van der Waals surface area contributed by atoms with Gasteiger partial charge in [-0.25, -0.2) is 0 Å². The Kier molecular flexibility index (Phi) is 3.17. The van der Waals surface area contributed by atoms with Crippen LogP contribution in [0.1, 0.15) is 23.6 Å². The quantitative estimate of drug-likeness (QED) is 0.890. The summed E-state index contributed by atoms with van der Waals surface area (Å²) in [6.45, 7) is 1.75. The molecule has 1 atom stereocenters. The van der Waals surface area contributed by atoms with Crippen molar-refractivity contribution < 1.29 is 5.11 Å². The predicted octanol–water partition coefficient (Wildman–Crippen LogP) is 1.74. The lowest BCUT2D eigenvalue weighted by Crippen LogP contribution is -2.24. The van der Waals surface area contributed by atoms with E-state index in [0.717, 1.165) is 11.1 Å². The molecule has 0 saturated heterocycles. The van der Waals surface area contributed by atoms with Crippen LogP contribution in [-0.4, -0.2) is 14.9 Å². The number of aromatic nitrogens is 2. The van der Waals surface area contributed by atoms with Gasteiger partial charge in [0.2, 0.25) is 0 Å². The number of hydrogen-bond acceptors (Lipinski definition) is 3. The topological polar surface area (TPSA) is 61.8 Å². The fourth-order valence-electron chi connectivity index (χ4n) is 1.99. The third-order valence-corrected chi connectivity index (χ3v) is 2.92. The first-order valence-corrected chi connectivity index (χ1v) is 5.72. The Hall–Kier alpha value is -2.12. The number of aryl methyl sites for hydroxylation is 1. The Balaban J connectivity index is 2.27. The van der Waals surface area contributed by atoms with E-state index in [-0.39, 0.29) is 0 Å². The van der Waals surface area contributed by atoms with E-state index in [1.807, 2.05) is 19.3 Å². The van der Waals surface area contributed by atoms with E-state index in [2.05, 4.69) is 11.2 Å². The Morgan fingerprint density at radius 3 is 2.89 bits per heavy atom. The van der Waals surface area contributed by atoms with Crippen LogP contribution in [0.2, 0.25) is 0 Å². The van der Waals surface area contributed by atoms with Crippen LogP contribution < -0.4 is 0 Å². The molecule has 4 heteroatoms. The summed E-state index contributed by atoms with van der Waals surface area (Å²) < 4.78 is 1.71. The Morgan fingerprint density at radius 2 is 2.28 bits per heavy atom. The molecule has 2 aromatic rings. The standard InChI is InChI=1S/C14H15N3O/c1-14(18,7-12-9-16-17(2)10-12)13-5-3-4-11(6-13)8-15/h3-6,9-10,18H,7H2,1-2H3. The molecule has 0 saturated carbocycles. The molecular formula is C14H15N3O. The van der Waals surface area contributed by atoms with E-state index in [1.165, 1.54) is 0 Å². The molecule has 0 bridgehead atoms. The number of rotatable bonds is 3. The first-order chi connectivity index (χ1) is 8.51. The van der Waals surface area contributed by atoms with Crippen molar-refractivity contribution in [1.82, 2.24) is 9.78 Å². The van der Waals surface area contributed by atoms with Crippen molar-refractivity contribution in [3.8, 4) is 6.07 Å². The zero-order chi connectivity index (χ0) is 13.2. The lowest BCUT2D eigenvalue weighted by atomic mass is 9.89. The number of aliphatic hydroxyl groups is 1. The van der Waals surface area contributed by atoms with Gasteiger partial charge in [0.25, 0.3) is 0 Å². The maximum atomic E-state index is 10.5. The van der Waals surface area contributed by atoms with Crippen molar-refractivity contribution in [2.75, 3.05) is 0 Å². The third kappa shape index (κ3) is 2.58. The van der Waals surface area contributed by atoms with E-state index < -0.39 is 5.60 Å². The first-order valence-electron chi connectivity index (χ1n) is 5.72. The van der Waals surface area contributed by atoms with Gasteiger partial charge in [0, 0.05) is 19.7 Å². The van der Waals surface area contributed by atoms with Crippen LogP contribution in [0.3, 0.4) is 0 Å². The lowest BCUT2D eigenvalue weighted by molar-refractivity contribution is 0.0576. The van der Waals surface area contributed by atoms with Crippen molar-refractivity contribution >= 4 is 0 Å². The Bertz CT molecular complexity index is 593. The summed E-state index contributed by atoms with van der Waals surface area (Å²) >= 11 is 0. The van der Waals surface area contributed by atoms with Gasteiger partial charge in [0.1, 0.15) is 0 Å². The zero-order valence-electron chi connectivity index (χ0n) is 10.5. The van der Waals surface area contributed by atoms with Crippen LogP contribution in [0, 0.1) is 11.3 Å². The van der Waals surface area contributed by atoms with Crippen LogP contribution in [0.4, 0.5) is 0 Å². The smallest absolute Gasteiger partial charge is 0.0991 e. The lowest BCUT2D eigenvalue weighted by Gasteiger charge is -2.23. The SMILES string of the molecule is Cn1cc(CC(C)(O)c2cccc(C#N)c2)cn1. The second kappa shape index (κ2) is 4.63. The molecule has 1 aromatic carbocycles. The molecule has 2 rings (SSSR count). The zero-order valence-corrected chi connectivity index (χ0v) is 10.5. The molecule has 0 aliphatic rings. The summed E-state index contributed by atoms with van der Waals surface area (Å²) in [6.07, 6.45) is 4.08. The minimum absolute atomic E-state index is 0.468. The highest BCUT2D eigenvalue weighted by molar-refractivity contribution is 5.36. The van der Waals surface area contributed by atoms with Gasteiger partial charge in [-0.3, -0.25) is 4.68 Å². The van der Waals surface area contributed by atoms with E-state index in [0.29, 0.717) is 12.0 Å². The van der Waals surface area contributed by atoms with Crippen molar-refractivity contribution in [2.45, 2.75) is 18.9 Å². The average Bonchev–Trinajstić information content (AvgIpc) is 2.74.